The molecule has 0 atom stereocenters. The van der Waals surface area contributed by atoms with E-state index in [0.717, 1.165) is 27.3 Å². The number of methoxy groups -OCH3 is 1. The highest BCUT2D eigenvalue weighted by Crippen LogP contribution is 2.37. The third-order valence-electron chi connectivity index (χ3n) is 5.43. The zero-order valence-corrected chi connectivity index (χ0v) is 18.1. The lowest BCUT2D eigenvalue weighted by Crippen LogP contribution is -2.19. The summed E-state index contributed by atoms with van der Waals surface area (Å²) in [5, 5.41) is 9.71. The molecule has 0 unspecified atom stereocenters. The largest absolute Gasteiger partial charge is 0.497 e. The highest BCUT2D eigenvalue weighted by molar-refractivity contribution is 6.17. The Hall–Kier alpha value is -4.00. The van der Waals surface area contributed by atoms with Crippen LogP contribution < -0.4 is 10.2 Å². The molecular formula is C25H23N3O4. The van der Waals surface area contributed by atoms with Gasteiger partial charge in [0.25, 0.3) is 5.91 Å². The van der Waals surface area contributed by atoms with Crippen LogP contribution in [0.3, 0.4) is 0 Å². The molecule has 4 rings (SSSR count). The normalized spacial score (nSPS) is 14.6. The Kier molecular flexibility index (Phi) is 5.48. The molecule has 162 valence electrons. The van der Waals surface area contributed by atoms with Crippen molar-refractivity contribution in [3.63, 3.8) is 0 Å². The average molecular weight is 429 g/mol. The molecule has 0 spiro atoms. The van der Waals surface area contributed by atoms with E-state index in [1.807, 2.05) is 32.0 Å². The molecule has 1 aliphatic rings. The van der Waals surface area contributed by atoms with Gasteiger partial charge in [-0.3, -0.25) is 14.6 Å². The second-order valence-electron chi connectivity index (χ2n) is 8.03. The monoisotopic (exact) mass is 429 g/mol. The van der Waals surface area contributed by atoms with Gasteiger partial charge in [0.2, 0.25) is 0 Å². The van der Waals surface area contributed by atoms with Crippen LogP contribution in [0.25, 0.3) is 0 Å². The number of nitrogens with zero attached hydrogens (tertiary/aromatic N) is 3. The summed E-state index contributed by atoms with van der Waals surface area (Å²) in [4.78, 5) is 34.0. The number of hydrogen-bond donors (Lipinski definition) is 1. The minimum absolute atomic E-state index is 0.0950. The van der Waals surface area contributed by atoms with Gasteiger partial charge in [0.15, 0.2) is 11.3 Å². The number of Topliss-reactive ketones (excluding diaryl/α,β-unsaturated/α-hetero) is 1. The van der Waals surface area contributed by atoms with Crippen molar-refractivity contribution in [1.82, 2.24) is 4.73 Å². The summed E-state index contributed by atoms with van der Waals surface area (Å²) in [6.45, 7) is 4.03. The maximum atomic E-state index is 12.9. The lowest BCUT2D eigenvalue weighted by Gasteiger charge is -2.16. The van der Waals surface area contributed by atoms with Crippen molar-refractivity contribution in [2.75, 3.05) is 7.11 Å². The predicted molar refractivity (Wildman–Crippen MR) is 119 cm³/mol. The topological polar surface area (TPSA) is 93.2 Å². The molecule has 3 aromatic rings. The number of rotatable bonds is 5. The summed E-state index contributed by atoms with van der Waals surface area (Å²) in [5.41, 5.74) is 3.22. The van der Waals surface area contributed by atoms with Gasteiger partial charge in [0.1, 0.15) is 5.75 Å². The molecule has 32 heavy (non-hydrogen) atoms. The minimum atomic E-state index is -0.513. The fourth-order valence-electron chi connectivity index (χ4n) is 3.75. The number of ether oxygens (including phenoxy) is 1. The molecule has 0 bridgehead atoms. The smallest absolute Gasteiger partial charge is 0.279 e. The summed E-state index contributed by atoms with van der Waals surface area (Å²) >= 11 is 0. The fourth-order valence-corrected chi connectivity index (χ4v) is 3.75. The summed E-state index contributed by atoms with van der Waals surface area (Å²) in [5.74, 6) is 0.110. The molecule has 1 aromatic heterocycles. The van der Waals surface area contributed by atoms with Crippen LogP contribution in [0.2, 0.25) is 0 Å². The second kappa shape index (κ2) is 8.26. The third-order valence-corrected chi connectivity index (χ3v) is 5.43. The maximum absolute atomic E-state index is 12.9. The van der Waals surface area contributed by atoms with E-state index in [1.54, 1.807) is 43.5 Å². The van der Waals surface area contributed by atoms with Crippen LogP contribution in [-0.4, -0.2) is 34.4 Å². The van der Waals surface area contributed by atoms with Crippen LogP contribution in [0, 0.1) is 0 Å². The number of aliphatic imine (C=N–C) groups is 1. The average Bonchev–Trinajstić information content (AvgIpc) is 3.04. The Morgan fingerprint density at radius 3 is 2.47 bits per heavy atom. The molecule has 1 N–H and O–H groups in total. The van der Waals surface area contributed by atoms with Crippen molar-refractivity contribution >= 4 is 17.4 Å². The summed E-state index contributed by atoms with van der Waals surface area (Å²) < 4.78 is 6.10. The van der Waals surface area contributed by atoms with Gasteiger partial charge >= 0.3 is 0 Å². The SMILES string of the molecule is COc1ccc2c(c1)C(CC(=O)c1ccc(C(=O)N=c3ccccn3O)cc1)=NC2(C)C. The molecule has 0 aliphatic carbocycles. The van der Waals surface area contributed by atoms with Crippen LogP contribution in [0.5, 0.6) is 5.75 Å². The van der Waals surface area contributed by atoms with Gasteiger partial charge in [0.05, 0.1) is 24.8 Å². The minimum Gasteiger partial charge on any atom is -0.497 e. The number of ketones is 1. The Morgan fingerprint density at radius 1 is 1.06 bits per heavy atom. The van der Waals surface area contributed by atoms with Crippen LogP contribution in [0.4, 0.5) is 0 Å². The molecule has 0 saturated carbocycles. The molecule has 0 radical (unpaired) electrons. The van der Waals surface area contributed by atoms with E-state index in [1.165, 1.54) is 12.3 Å². The van der Waals surface area contributed by atoms with E-state index in [0.29, 0.717) is 11.1 Å². The first-order valence-electron chi connectivity index (χ1n) is 10.2. The standard InChI is InChI=1S/C25H23N3O4/c1-25(2)20-12-11-18(32-3)14-19(20)21(27-25)15-22(29)16-7-9-17(10-8-16)24(30)26-23-6-4-5-13-28(23)31/h4-14,31H,15H2,1-3H3. The molecule has 2 heterocycles. The Balaban J connectivity index is 1.54. The van der Waals surface area contributed by atoms with Crippen molar-refractivity contribution < 1.29 is 19.5 Å². The van der Waals surface area contributed by atoms with Crippen LogP contribution in [0.1, 0.15) is 52.1 Å². The Bertz CT molecular complexity index is 1300. The summed E-state index contributed by atoms with van der Waals surface area (Å²) in [6, 6.07) is 16.9. The molecule has 0 saturated heterocycles. The number of fused-ring (bicyclic) bond motifs is 1. The zero-order chi connectivity index (χ0) is 22.9. The van der Waals surface area contributed by atoms with E-state index >= 15 is 0 Å². The van der Waals surface area contributed by atoms with Crippen molar-refractivity contribution in [3.8, 4) is 5.75 Å². The number of benzene rings is 2. The van der Waals surface area contributed by atoms with E-state index < -0.39 is 11.4 Å². The number of pyridine rings is 1. The van der Waals surface area contributed by atoms with E-state index in [2.05, 4.69) is 4.99 Å². The zero-order valence-electron chi connectivity index (χ0n) is 18.1. The molecule has 1 aliphatic heterocycles. The summed E-state index contributed by atoms with van der Waals surface area (Å²) in [7, 11) is 1.61. The second-order valence-corrected chi connectivity index (χ2v) is 8.03. The molecule has 0 fully saturated rings. The highest BCUT2D eigenvalue weighted by atomic mass is 16.5. The van der Waals surface area contributed by atoms with E-state index in [4.69, 9.17) is 9.73 Å². The molecule has 7 nitrogen and oxygen atoms in total. The molecule has 7 heteroatoms. The number of amides is 1. The predicted octanol–water partition coefficient (Wildman–Crippen LogP) is 3.79. The Morgan fingerprint density at radius 2 is 1.78 bits per heavy atom. The number of carbonyl (C=O) groups excluding carboxylic acids is 2. The highest BCUT2D eigenvalue weighted by Gasteiger charge is 2.32. The van der Waals surface area contributed by atoms with Gasteiger partial charge in [-0.25, -0.2) is 0 Å². The summed E-state index contributed by atoms with van der Waals surface area (Å²) in [6.07, 6.45) is 1.53. The maximum Gasteiger partial charge on any atom is 0.279 e. The van der Waals surface area contributed by atoms with Crippen molar-refractivity contribution in [2.24, 2.45) is 9.98 Å². The first kappa shape index (κ1) is 21.2. The van der Waals surface area contributed by atoms with Crippen LogP contribution >= 0.6 is 0 Å². The lowest BCUT2D eigenvalue weighted by atomic mass is 9.91. The van der Waals surface area contributed by atoms with Crippen molar-refractivity contribution in [3.05, 3.63) is 94.6 Å². The number of hydrogen-bond acceptors (Lipinski definition) is 5. The quantitative estimate of drug-likeness (QED) is 0.493. The molecular weight excluding hydrogens is 406 g/mol. The first-order valence-corrected chi connectivity index (χ1v) is 10.2. The lowest BCUT2D eigenvalue weighted by molar-refractivity contribution is 0.0981. The van der Waals surface area contributed by atoms with E-state index in [-0.39, 0.29) is 17.7 Å². The van der Waals surface area contributed by atoms with Crippen molar-refractivity contribution in [1.29, 1.82) is 0 Å². The van der Waals surface area contributed by atoms with Gasteiger partial charge in [-0.2, -0.15) is 9.72 Å². The number of aromatic nitrogens is 1. The van der Waals surface area contributed by atoms with Crippen LogP contribution in [0.15, 0.2) is 76.8 Å². The van der Waals surface area contributed by atoms with Gasteiger partial charge in [-0.1, -0.05) is 24.3 Å². The van der Waals surface area contributed by atoms with Gasteiger partial charge in [-0.05, 0) is 55.8 Å². The van der Waals surface area contributed by atoms with Gasteiger partial charge < -0.3 is 9.94 Å². The molecule has 2 aromatic carbocycles. The first-order chi connectivity index (χ1) is 15.3. The number of carbonyl (C=O) groups is 2. The molecule has 1 amide bonds. The fraction of sp³-hybridized carbons (Fsp3) is 0.200. The van der Waals surface area contributed by atoms with Gasteiger partial charge in [0, 0.05) is 22.9 Å². The van der Waals surface area contributed by atoms with E-state index in [9.17, 15) is 14.8 Å². The Labute approximate surface area is 185 Å². The van der Waals surface area contributed by atoms with Gasteiger partial charge in [-0.15, -0.1) is 0 Å². The van der Waals surface area contributed by atoms with Crippen LogP contribution in [-0.2, 0) is 5.54 Å². The third kappa shape index (κ3) is 4.09. The van der Waals surface area contributed by atoms with Crippen molar-refractivity contribution in [2.45, 2.75) is 25.8 Å².